The van der Waals surface area contributed by atoms with E-state index in [0.717, 1.165) is 22.3 Å². The summed E-state index contributed by atoms with van der Waals surface area (Å²) in [5.74, 6) is 0.879. The van der Waals surface area contributed by atoms with Crippen molar-refractivity contribution in [1.82, 2.24) is 4.98 Å². The van der Waals surface area contributed by atoms with Crippen LogP contribution in [0.2, 0.25) is 0 Å². The van der Waals surface area contributed by atoms with Crippen molar-refractivity contribution >= 4 is 21.7 Å². The first-order chi connectivity index (χ1) is 7.17. The van der Waals surface area contributed by atoms with Gasteiger partial charge in [0.25, 0.3) is 0 Å². The van der Waals surface area contributed by atoms with Crippen LogP contribution in [0.5, 0.6) is 0 Å². The highest BCUT2D eigenvalue weighted by Gasteiger charge is 2.08. The molecule has 0 saturated heterocycles. The molecule has 84 valence electrons. The third kappa shape index (κ3) is 3.80. The summed E-state index contributed by atoms with van der Waals surface area (Å²) in [6, 6.07) is 2.36. The zero-order chi connectivity index (χ0) is 11.3. The molecule has 1 N–H and O–H groups in total. The lowest BCUT2D eigenvalue weighted by Gasteiger charge is -2.17. The van der Waals surface area contributed by atoms with Gasteiger partial charge in [-0.05, 0) is 40.9 Å². The lowest BCUT2D eigenvalue weighted by molar-refractivity contribution is 0.184. The third-order valence-corrected chi connectivity index (χ3v) is 2.78. The molecule has 0 fully saturated rings. The minimum Gasteiger partial charge on any atom is -0.383 e. The molecule has 1 rings (SSSR count). The van der Waals surface area contributed by atoms with Gasteiger partial charge in [0.1, 0.15) is 5.82 Å². The Kier molecular flexibility index (Phi) is 5.05. The molecule has 1 atom stereocenters. The predicted molar refractivity (Wildman–Crippen MR) is 66.3 cm³/mol. The Morgan fingerprint density at radius 3 is 2.87 bits per heavy atom. The van der Waals surface area contributed by atoms with Crippen LogP contribution in [0.25, 0.3) is 0 Å². The summed E-state index contributed by atoms with van der Waals surface area (Å²) in [4.78, 5) is 4.33. The van der Waals surface area contributed by atoms with Gasteiger partial charge in [-0.2, -0.15) is 0 Å². The Morgan fingerprint density at radius 1 is 1.60 bits per heavy atom. The van der Waals surface area contributed by atoms with E-state index in [-0.39, 0.29) is 0 Å². The minimum absolute atomic E-state index is 0.307. The van der Waals surface area contributed by atoms with Crippen LogP contribution in [0.15, 0.2) is 16.7 Å². The smallest absolute Gasteiger partial charge is 0.140 e. The standard InChI is InChI=1S/C11H17BrN2O/c1-4-9(7-15-3)14-11-10(12)5-8(2)6-13-11/h5-6,9H,4,7H2,1-3H3,(H,13,14). The molecule has 0 aliphatic carbocycles. The monoisotopic (exact) mass is 272 g/mol. The van der Waals surface area contributed by atoms with Gasteiger partial charge in [-0.3, -0.25) is 0 Å². The Balaban J connectivity index is 2.70. The number of aryl methyl sites for hydroxylation is 1. The van der Waals surface area contributed by atoms with Crippen LogP contribution in [-0.4, -0.2) is 24.7 Å². The SMILES string of the molecule is CCC(COC)Nc1ncc(C)cc1Br. The maximum absolute atomic E-state index is 5.13. The molecule has 0 aliphatic rings. The Labute approximate surface area is 99.4 Å². The van der Waals surface area contributed by atoms with E-state index in [1.165, 1.54) is 0 Å². The van der Waals surface area contributed by atoms with Crippen molar-refractivity contribution in [2.75, 3.05) is 19.0 Å². The molecule has 0 aromatic carbocycles. The Bertz CT molecular complexity index is 317. The molecule has 1 unspecified atom stereocenters. The molecular weight excluding hydrogens is 256 g/mol. The fourth-order valence-electron chi connectivity index (χ4n) is 1.30. The molecule has 1 heterocycles. The van der Waals surface area contributed by atoms with Crippen molar-refractivity contribution in [3.05, 3.63) is 22.3 Å². The van der Waals surface area contributed by atoms with Gasteiger partial charge in [0, 0.05) is 13.3 Å². The van der Waals surface area contributed by atoms with Crippen LogP contribution in [0.4, 0.5) is 5.82 Å². The van der Waals surface area contributed by atoms with Gasteiger partial charge >= 0.3 is 0 Å². The van der Waals surface area contributed by atoms with E-state index in [2.05, 4.69) is 39.2 Å². The second kappa shape index (κ2) is 6.08. The van der Waals surface area contributed by atoms with Gasteiger partial charge in [0.05, 0.1) is 17.1 Å². The number of nitrogens with zero attached hydrogens (tertiary/aromatic N) is 1. The maximum Gasteiger partial charge on any atom is 0.140 e. The van der Waals surface area contributed by atoms with Crippen molar-refractivity contribution in [2.45, 2.75) is 26.3 Å². The molecule has 1 aromatic rings. The van der Waals surface area contributed by atoms with E-state index in [0.29, 0.717) is 12.6 Å². The van der Waals surface area contributed by atoms with E-state index >= 15 is 0 Å². The largest absolute Gasteiger partial charge is 0.383 e. The zero-order valence-electron chi connectivity index (χ0n) is 9.38. The molecular formula is C11H17BrN2O. The number of nitrogens with one attached hydrogen (secondary N) is 1. The highest BCUT2D eigenvalue weighted by Crippen LogP contribution is 2.21. The topological polar surface area (TPSA) is 34.1 Å². The molecule has 0 aliphatic heterocycles. The first kappa shape index (κ1) is 12.5. The molecule has 0 spiro atoms. The fourth-order valence-corrected chi connectivity index (χ4v) is 1.87. The average molecular weight is 273 g/mol. The molecule has 1 aromatic heterocycles. The number of aromatic nitrogens is 1. The van der Waals surface area contributed by atoms with E-state index in [9.17, 15) is 0 Å². The summed E-state index contributed by atoms with van der Waals surface area (Å²) in [5.41, 5.74) is 1.15. The molecule has 0 radical (unpaired) electrons. The van der Waals surface area contributed by atoms with E-state index in [4.69, 9.17) is 4.74 Å². The normalized spacial score (nSPS) is 12.5. The van der Waals surface area contributed by atoms with E-state index in [1.54, 1.807) is 7.11 Å². The lowest BCUT2D eigenvalue weighted by atomic mass is 10.2. The van der Waals surface area contributed by atoms with Crippen molar-refractivity contribution < 1.29 is 4.74 Å². The van der Waals surface area contributed by atoms with Gasteiger partial charge < -0.3 is 10.1 Å². The number of hydrogen-bond donors (Lipinski definition) is 1. The molecule has 0 amide bonds. The molecule has 15 heavy (non-hydrogen) atoms. The van der Waals surface area contributed by atoms with Crippen LogP contribution >= 0.6 is 15.9 Å². The van der Waals surface area contributed by atoms with Crippen LogP contribution in [-0.2, 0) is 4.74 Å². The molecule has 4 heteroatoms. The number of ether oxygens (including phenoxy) is 1. The Morgan fingerprint density at radius 2 is 2.33 bits per heavy atom. The van der Waals surface area contributed by atoms with Gasteiger partial charge in [-0.1, -0.05) is 6.92 Å². The maximum atomic E-state index is 5.13. The highest BCUT2D eigenvalue weighted by molar-refractivity contribution is 9.10. The first-order valence-corrected chi connectivity index (χ1v) is 5.84. The lowest BCUT2D eigenvalue weighted by Crippen LogP contribution is -2.24. The first-order valence-electron chi connectivity index (χ1n) is 5.05. The molecule has 0 bridgehead atoms. The quantitative estimate of drug-likeness (QED) is 0.895. The van der Waals surface area contributed by atoms with Gasteiger partial charge in [-0.25, -0.2) is 4.98 Å². The predicted octanol–water partition coefficient (Wildman–Crippen LogP) is 2.99. The summed E-state index contributed by atoms with van der Waals surface area (Å²) >= 11 is 3.49. The van der Waals surface area contributed by atoms with Crippen molar-refractivity contribution in [2.24, 2.45) is 0 Å². The van der Waals surface area contributed by atoms with Crippen LogP contribution in [0.3, 0.4) is 0 Å². The Hall–Kier alpha value is -0.610. The fraction of sp³-hybridized carbons (Fsp3) is 0.545. The number of rotatable bonds is 5. The third-order valence-electron chi connectivity index (χ3n) is 2.18. The van der Waals surface area contributed by atoms with Gasteiger partial charge in [-0.15, -0.1) is 0 Å². The number of methoxy groups -OCH3 is 1. The van der Waals surface area contributed by atoms with Gasteiger partial charge in [0.2, 0.25) is 0 Å². The molecule has 0 saturated carbocycles. The second-order valence-corrected chi connectivity index (χ2v) is 4.40. The number of halogens is 1. The summed E-state index contributed by atoms with van der Waals surface area (Å²) in [5, 5.41) is 3.34. The number of anilines is 1. The average Bonchev–Trinajstić information content (AvgIpc) is 2.21. The summed E-state index contributed by atoms with van der Waals surface area (Å²) in [6.45, 7) is 4.84. The van der Waals surface area contributed by atoms with Crippen molar-refractivity contribution in [3.63, 3.8) is 0 Å². The number of pyridine rings is 1. The summed E-state index contributed by atoms with van der Waals surface area (Å²) in [6.07, 6.45) is 2.86. The summed E-state index contributed by atoms with van der Waals surface area (Å²) in [7, 11) is 1.71. The summed E-state index contributed by atoms with van der Waals surface area (Å²) < 4.78 is 6.12. The van der Waals surface area contributed by atoms with Gasteiger partial charge in [0.15, 0.2) is 0 Å². The van der Waals surface area contributed by atoms with Crippen molar-refractivity contribution in [1.29, 1.82) is 0 Å². The highest BCUT2D eigenvalue weighted by atomic mass is 79.9. The van der Waals surface area contributed by atoms with Crippen LogP contribution in [0.1, 0.15) is 18.9 Å². The van der Waals surface area contributed by atoms with Crippen molar-refractivity contribution in [3.8, 4) is 0 Å². The zero-order valence-corrected chi connectivity index (χ0v) is 11.0. The van der Waals surface area contributed by atoms with Crippen LogP contribution < -0.4 is 5.32 Å². The molecule has 3 nitrogen and oxygen atoms in total. The number of hydrogen-bond acceptors (Lipinski definition) is 3. The minimum atomic E-state index is 0.307. The van der Waals surface area contributed by atoms with E-state index in [1.807, 2.05) is 13.1 Å². The van der Waals surface area contributed by atoms with E-state index < -0.39 is 0 Å². The second-order valence-electron chi connectivity index (χ2n) is 3.55. The van der Waals surface area contributed by atoms with Crippen LogP contribution in [0, 0.1) is 6.92 Å².